The third-order valence-corrected chi connectivity index (χ3v) is 6.36. The van der Waals surface area contributed by atoms with E-state index in [1.807, 2.05) is 20.8 Å². The van der Waals surface area contributed by atoms with E-state index in [4.69, 9.17) is 0 Å². The highest BCUT2D eigenvalue weighted by atomic mass is 32.2. The van der Waals surface area contributed by atoms with Crippen LogP contribution in [0.2, 0.25) is 0 Å². The van der Waals surface area contributed by atoms with E-state index in [1.54, 1.807) is 35.3 Å². The van der Waals surface area contributed by atoms with Crippen molar-refractivity contribution in [3.8, 4) is 0 Å². The highest BCUT2D eigenvalue weighted by molar-refractivity contribution is 7.98. The molecule has 0 spiro atoms. The van der Waals surface area contributed by atoms with Crippen molar-refractivity contribution in [1.82, 2.24) is 0 Å². The molecular weight excluding hydrogens is 360 g/mol. The van der Waals surface area contributed by atoms with E-state index >= 15 is 0 Å². The summed E-state index contributed by atoms with van der Waals surface area (Å²) in [6.45, 7) is 6.15. The zero-order valence-electron chi connectivity index (χ0n) is 14.4. The number of hydrogen-bond donors (Lipinski definition) is 0. The minimum atomic E-state index is 0.534. The van der Waals surface area contributed by atoms with Crippen LogP contribution in [0, 0.1) is 0 Å². The predicted molar refractivity (Wildman–Crippen MR) is 108 cm³/mol. The minimum Gasteiger partial charge on any atom is -0.298 e. The maximum Gasteiger partial charge on any atom is 0.150 e. The smallest absolute Gasteiger partial charge is 0.150 e. The Morgan fingerprint density at radius 1 is 0.583 bits per heavy atom. The van der Waals surface area contributed by atoms with Gasteiger partial charge in [0.25, 0.3) is 0 Å². The first-order chi connectivity index (χ1) is 11.7. The number of aldehydes is 3. The summed E-state index contributed by atoms with van der Waals surface area (Å²) in [4.78, 5) is 35.3. The SMILES string of the molecule is CCSCc1c(C=O)c(CSCC)c(C=O)c(CSCC)c1C=O. The predicted octanol–water partition coefficient (Wildman–Crippen LogP) is 4.88. The molecule has 0 saturated carbocycles. The van der Waals surface area contributed by atoms with Gasteiger partial charge in [0.1, 0.15) is 0 Å². The molecule has 0 aromatic heterocycles. The van der Waals surface area contributed by atoms with Crippen LogP contribution >= 0.6 is 35.3 Å². The zero-order chi connectivity index (χ0) is 17.9. The lowest BCUT2D eigenvalue weighted by molar-refractivity contribution is 0.112. The fourth-order valence-corrected chi connectivity index (χ4v) is 4.65. The molecule has 0 bridgehead atoms. The quantitative estimate of drug-likeness (QED) is 0.479. The Morgan fingerprint density at radius 2 is 0.833 bits per heavy atom. The fourth-order valence-electron chi connectivity index (χ4n) is 2.49. The van der Waals surface area contributed by atoms with Gasteiger partial charge in [-0.2, -0.15) is 35.3 Å². The summed E-state index contributed by atoms with van der Waals surface area (Å²) in [6, 6.07) is 0. The van der Waals surface area contributed by atoms with Crippen LogP contribution in [0.5, 0.6) is 0 Å². The number of carbonyl (C=O) groups excluding carboxylic acids is 3. The van der Waals surface area contributed by atoms with Gasteiger partial charge in [-0.15, -0.1) is 0 Å². The van der Waals surface area contributed by atoms with Crippen molar-refractivity contribution < 1.29 is 14.4 Å². The maximum absolute atomic E-state index is 11.8. The summed E-state index contributed by atoms with van der Waals surface area (Å²) < 4.78 is 0. The molecule has 0 unspecified atom stereocenters. The maximum atomic E-state index is 11.8. The van der Waals surface area contributed by atoms with Gasteiger partial charge in [0.2, 0.25) is 0 Å². The third kappa shape index (κ3) is 5.14. The topological polar surface area (TPSA) is 51.2 Å². The van der Waals surface area contributed by atoms with Gasteiger partial charge < -0.3 is 0 Å². The lowest BCUT2D eigenvalue weighted by atomic mass is 9.89. The van der Waals surface area contributed by atoms with Gasteiger partial charge in [-0.25, -0.2) is 0 Å². The number of thioether (sulfide) groups is 3. The summed E-state index contributed by atoms with van der Waals surface area (Å²) in [6.07, 6.45) is 2.44. The van der Waals surface area contributed by atoms with E-state index in [0.29, 0.717) is 33.9 Å². The van der Waals surface area contributed by atoms with Gasteiger partial charge in [0.15, 0.2) is 18.9 Å². The molecular formula is C18H24O3S3. The van der Waals surface area contributed by atoms with Gasteiger partial charge in [0, 0.05) is 33.9 Å². The van der Waals surface area contributed by atoms with Crippen LogP contribution in [0.4, 0.5) is 0 Å². The van der Waals surface area contributed by atoms with Gasteiger partial charge in [-0.05, 0) is 33.9 Å². The van der Waals surface area contributed by atoms with E-state index in [0.717, 1.165) is 52.8 Å². The van der Waals surface area contributed by atoms with Crippen molar-refractivity contribution in [1.29, 1.82) is 0 Å². The summed E-state index contributed by atoms with van der Waals surface area (Å²) in [5, 5.41) is 0. The Bertz CT molecular complexity index is 483. The molecule has 0 aliphatic heterocycles. The molecule has 0 aliphatic carbocycles. The Morgan fingerprint density at radius 3 is 1.00 bits per heavy atom. The van der Waals surface area contributed by atoms with Gasteiger partial charge in [0.05, 0.1) is 0 Å². The second-order valence-electron chi connectivity index (χ2n) is 4.94. The summed E-state index contributed by atoms with van der Waals surface area (Å²) in [5.74, 6) is 4.57. The second-order valence-corrected chi connectivity index (χ2v) is 8.76. The Labute approximate surface area is 157 Å². The van der Waals surface area contributed by atoms with Crippen molar-refractivity contribution in [3.63, 3.8) is 0 Å². The van der Waals surface area contributed by atoms with E-state index < -0.39 is 0 Å². The van der Waals surface area contributed by atoms with E-state index in [2.05, 4.69) is 0 Å². The Balaban J connectivity index is 3.67. The highest BCUT2D eigenvalue weighted by Gasteiger charge is 2.22. The third-order valence-electron chi connectivity index (χ3n) is 3.66. The number of rotatable bonds is 12. The first kappa shape index (κ1) is 21.3. The van der Waals surface area contributed by atoms with E-state index in [1.165, 1.54) is 0 Å². The number of benzene rings is 1. The van der Waals surface area contributed by atoms with Crippen LogP contribution in [0.25, 0.3) is 0 Å². The standard InChI is InChI=1S/C18H24O3S3/c1-4-22-10-16-13(7-19)17(11-23-5-2)15(9-21)18(12-24-6-3)14(16)8-20/h7-9H,4-6,10-12H2,1-3H3. The molecule has 0 heterocycles. The van der Waals surface area contributed by atoms with Crippen LogP contribution in [-0.4, -0.2) is 36.1 Å². The largest absolute Gasteiger partial charge is 0.298 e. The highest BCUT2D eigenvalue weighted by Crippen LogP contribution is 2.33. The molecule has 0 aliphatic rings. The van der Waals surface area contributed by atoms with Crippen LogP contribution in [0.15, 0.2) is 0 Å². The van der Waals surface area contributed by atoms with Crippen molar-refractivity contribution >= 4 is 54.1 Å². The lowest BCUT2D eigenvalue weighted by Crippen LogP contribution is -2.12. The molecule has 0 radical (unpaired) electrons. The van der Waals surface area contributed by atoms with Crippen LogP contribution in [-0.2, 0) is 17.3 Å². The first-order valence-corrected chi connectivity index (χ1v) is 11.5. The van der Waals surface area contributed by atoms with E-state index in [9.17, 15) is 14.4 Å². The minimum absolute atomic E-state index is 0.534. The van der Waals surface area contributed by atoms with Gasteiger partial charge in [-0.3, -0.25) is 14.4 Å². The van der Waals surface area contributed by atoms with Crippen molar-refractivity contribution in [2.24, 2.45) is 0 Å². The summed E-state index contributed by atoms with van der Waals surface area (Å²) >= 11 is 5.04. The van der Waals surface area contributed by atoms with Crippen LogP contribution in [0.1, 0.15) is 68.5 Å². The molecule has 0 saturated heterocycles. The zero-order valence-corrected chi connectivity index (χ0v) is 16.9. The average molecular weight is 385 g/mol. The van der Waals surface area contributed by atoms with Crippen LogP contribution < -0.4 is 0 Å². The molecule has 0 fully saturated rings. The molecule has 132 valence electrons. The summed E-state index contributed by atoms with van der Waals surface area (Å²) in [5.41, 5.74) is 3.96. The van der Waals surface area contributed by atoms with E-state index in [-0.39, 0.29) is 0 Å². The summed E-state index contributed by atoms with van der Waals surface area (Å²) in [7, 11) is 0. The normalized spacial score (nSPS) is 10.6. The second kappa shape index (κ2) is 11.8. The van der Waals surface area contributed by atoms with Crippen LogP contribution in [0.3, 0.4) is 0 Å². The van der Waals surface area contributed by atoms with Crippen molar-refractivity contribution in [2.75, 3.05) is 17.3 Å². The molecule has 0 N–H and O–H groups in total. The Kier molecular flexibility index (Phi) is 10.5. The average Bonchev–Trinajstić information content (AvgIpc) is 2.61. The molecule has 1 aromatic carbocycles. The van der Waals surface area contributed by atoms with Gasteiger partial charge in [-0.1, -0.05) is 20.8 Å². The van der Waals surface area contributed by atoms with Crippen molar-refractivity contribution in [2.45, 2.75) is 38.0 Å². The molecule has 1 rings (SSSR count). The fraction of sp³-hybridized carbons (Fsp3) is 0.500. The monoisotopic (exact) mass is 384 g/mol. The molecule has 24 heavy (non-hydrogen) atoms. The number of carbonyl (C=O) groups is 3. The van der Waals surface area contributed by atoms with Crippen molar-refractivity contribution in [3.05, 3.63) is 33.4 Å². The molecule has 0 amide bonds. The first-order valence-electron chi connectivity index (χ1n) is 7.99. The molecule has 3 nitrogen and oxygen atoms in total. The molecule has 6 heteroatoms. The molecule has 0 atom stereocenters. The number of hydrogen-bond acceptors (Lipinski definition) is 6. The van der Waals surface area contributed by atoms with Gasteiger partial charge >= 0.3 is 0 Å². The molecule has 1 aromatic rings. The lowest BCUT2D eigenvalue weighted by Gasteiger charge is -2.20. The Hall–Kier alpha value is -0.720.